The number of sulfonamides is 1. The van der Waals surface area contributed by atoms with Gasteiger partial charge in [-0.15, -0.1) is 0 Å². The van der Waals surface area contributed by atoms with Crippen LogP contribution in [0.4, 0.5) is 5.95 Å². The molecule has 0 bridgehead atoms. The van der Waals surface area contributed by atoms with Gasteiger partial charge in [-0.1, -0.05) is 30.3 Å². The van der Waals surface area contributed by atoms with Gasteiger partial charge in [0.05, 0.1) is 5.75 Å². The van der Waals surface area contributed by atoms with Crippen LogP contribution in [0.2, 0.25) is 0 Å². The molecular formula is C19H23N5O3S. The molecule has 9 heteroatoms. The average molecular weight is 401 g/mol. The van der Waals surface area contributed by atoms with Crippen LogP contribution in [0.25, 0.3) is 6.08 Å². The predicted molar refractivity (Wildman–Crippen MR) is 108 cm³/mol. The number of piperazine rings is 1. The maximum atomic E-state index is 12.5. The fourth-order valence-electron chi connectivity index (χ4n) is 2.85. The Labute approximate surface area is 165 Å². The third kappa shape index (κ3) is 5.61. The molecule has 0 aliphatic carbocycles. The Bertz CT molecular complexity index is 896. The third-order valence-corrected chi connectivity index (χ3v) is 6.22. The van der Waals surface area contributed by atoms with Gasteiger partial charge in [0, 0.05) is 51.2 Å². The van der Waals surface area contributed by atoms with E-state index in [9.17, 15) is 13.2 Å². The lowest BCUT2D eigenvalue weighted by molar-refractivity contribution is -0.116. The highest BCUT2D eigenvalue weighted by atomic mass is 32.2. The highest BCUT2D eigenvalue weighted by Gasteiger charge is 2.27. The van der Waals surface area contributed by atoms with Gasteiger partial charge < -0.3 is 10.2 Å². The van der Waals surface area contributed by atoms with E-state index < -0.39 is 10.0 Å². The first-order valence-corrected chi connectivity index (χ1v) is 10.7. The minimum Gasteiger partial charge on any atom is -0.351 e. The van der Waals surface area contributed by atoms with Crippen LogP contribution < -0.4 is 10.2 Å². The lowest BCUT2D eigenvalue weighted by atomic mass is 10.2. The van der Waals surface area contributed by atoms with E-state index in [0.717, 1.165) is 5.56 Å². The van der Waals surface area contributed by atoms with E-state index in [1.807, 2.05) is 35.2 Å². The van der Waals surface area contributed by atoms with Crippen LogP contribution in [0.1, 0.15) is 5.56 Å². The van der Waals surface area contributed by atoms with Crippen molar-refractivity contribution in [3.05, 3.63) is 60.4 Å². The Hall–Kier alpha value is -2.78. The van der Waals surface area contributed by atoms with E-state index in [1.54, 1.807) is 24.5 Å². The van der Waals surface area contributed by atoms with Crippen LogP contribution in [-0.2, 0) is 14.8 Å². The molecule has 2 aromatic rings. The Balaban J connectivity index is 1.43. The summed E-state index contributed by atoms with van der Waals surface area (Å²) < 4.78 is 26.4. The van der Waals surface area contributed by atoms with Gasteiger partial charge in [0.15, 0.2) is 0 Å². The second kappa shape index (κ2) is 9.43. The van der Waals surface area contributed by atoms with Crippen molar-refractivity contribution in [2.24, 2.45) is 0 Å². The van der Waals surface area contributed by atoms with Gasteiger partial charge in [-0.05, 0) is 17.7 Å². The SMILES string of the molecule is O=C(/C=C/c1ccccc1)NCCS(=O)(=O)N1CCN(c2ncccn2)CC1. The molecule has 28 heavy (non-hydrogen) atoms. The lowest BCUT2D eigenvalue weighted by Gasteiger charge is -2.33. The average Bonchev–Trinajstić information content (AvgIpc) is 2.74. The number of carbonyl (C=O) groups is 1. The smallest absolute Gasteiger partial charge is 0.244 e. The molecule has 1 fully saturated rings. The van der Waals surface area contributed by atoms with Crippen molar-refractivity contribution in [3.63, 3.8) is 0 Å². The van der Waals surface area contributed by atoms with Crippen molar-refractivity contribution >= 4 is 28.0 Å². The maximum Gasteiger partial charge on any atom is 0.244 e. The number of aromatic nitrogens is 2. The standard InChI is InChI=1S/C19H23N5O3S/c25-18(8-7-17-5-2-1-3-6-17)20-11-16-28(26,27)24-14-12-23(13-15-24)19-21-9-4-10-22-19/h1-10H,11-16H2,(H,20,25)/b8-7+. The molecular weight excluding hydrogens is 378 g/mol. The molecule has 148 valence electrons. The molecule has 0 atom stereocenters. The van der Waals surface area contributed by atoms with Gasteiger partial charge in [0.25, 0.3) is 0 Å². The summed E-state index contributed by atoms with van der Waals surface area (Å²) in [4.78, 5) is 22.2. The number of nitrogens with one attached hydrogen (secondary N) is 1. The van der Waals surface area contributed by atoms with Crippen LogP contribution >= 0.6 is 0 Å². The molecule has 0 unspecified atom stereocenters. The van der Waals surface area contributed by atoms with Crippen LogP contribution in [0.3, 0.4) is 0 Å². The summed E-state index contributed by atoms with van der Waals surface area (Å²) in [5.74, 6) is 0.168. The highest BCUT2D eigenvalue weighted by Crippen LogP contribution is 2.12. The van der Waals surface area contributed by atoms with E-state index in [0.29, 0.717) is 32.1 Å². The van der Waals surface area contributed by atoms with Crippen molar-refractivity contribution < 1.29 is 13.2 Å². The molecule has 0 radical (unpaired) electrons. The summed E-state index contributed by atoms with van der Waals surface area (Å²) >= 11 is 0. The van der Waals surface area contributed by atoms with Crippen molar-refractivity contribution in [1.82, 2.24) is 19.6 Å². The number of hydrogen-bond acceptors (Lipinski definition) is 6. The largest absolute Gasteiger partial charge is 0.351 e. The van der Waals surface area contributed by atoms with E-state index >= 15 is 0 Å². The summed E-state index contributed by atoms with van der Waals surface area (Å²) in [6, 6.07) is 11.2. The fourth-order valence-corrected chi connectivity index (χ4v) is 4.19. The van der Waals surface area contributed by atoms with Crippen molar-refractivity contribution in [2.75, 3.05) is 43.4 Å². The predicted octanol–water partition coefficient (Wildman–Crippen LogP) is 0.758. The van der Waals surface area contributed by atoms with E-state index in [4.69, 9.17) is 0 Å². The second-order valence-corrected chi connectivity index (χ2v) is 8.37. The van der Waals surface area contributed by atoms with E-state index in [1.165, 1.54) is 10.4 Å². The molecule has 1 saturated heterocycles. The zero-order chi connectivity index (χ0) is 19.8. The number of nitrogens with zero attached hydrogens (tertiary/aromatic N) is 4. The normalized spacial score (nSPS) is 15.6. The maximum absolute atomic E-state index is 12.5. The zero-order valence-electron chi connectivity index (χ0n) is 15.4. The van der Waals surface area contributed by atoms with Crippen molar-refractivity contribution in [3.8, 4) is 0 Å². The van der Waals surface area contributed by atoms with E-state index in [2.05, 4.69) is 15.3 Å². The summed E-state index contributed by atoms with van der Waals surface area (Å²) in [5, 5.41) is 2.62. The Morgan fingerprint density at radius 3 is 2.39 bits per heavy atom. The molecule has 1 amide bonds. The molecule has 0 spiro atoms. The number of benzene rings is 1. The van der Waals surface area contributed by atoms with E-state index in [-0.39, 0.29) is 18.2 Å². The Morgan fingerprint density at radius 2 is 1.71 bits per heavy atom. The number of rotatable bonds is 7. The fraction of sp³-hybridized carbons (Fsp3) is 0.316. The topological polar surface area (TPSA) is 95.5 Å². The first-order chi connectivity index (χ1) is 13.5. The highest BCUT2D eigenvalue weighted by molar-refractivity contribution is 7.89. The third-order valence-electron chi connectivity index (χ3n) is 4.35. The number of carbonyl (C=O) groups excluding carboxylic acids is 1. The molecule has 1 aliphatic rings. The van der Waals surface area contributed by atoms with Gasteiger partial charge >= 0.3 is 0 Å². The minimum absolute atomic E-state index is 0.0717. The molecule has 0 saturated carbocycles. The first kappa shape index (κ1) is 20.0. The summed E-state index contributed by atoms with van der Waals surface area (Å²) in [7, 11) is -3.42. The minimum atomic E-state index is -3.42. The monoisotopic (exact) mass is 401 g/mol. The Kier molecular flexibility index (Phi) is 6.72. The van der Waals surface area contributed by atoms with Gasteiger partial charge in [-0.2, -0.15) is 4.31 Å². The Morgan fingerprint density at radius 1 is 1.04 bits per heavy atom. The summed E-state index contributed by atoms with van der Waals surface area (Å²) in [6.45, 7) is 1.90. The van der Waals surface area contributed by atoms with Crippen molar-refractivity contribution in [2.45, 2.75) is 0 Å². The second-order valence-electron chi connectivity index (χ2n) is 6.29. The molecule has 1 aliphatic heterocycles. The number of anilines is 1. The van der Waals surface area contributed by atoms with Gasteiger partial charge in [0.1, 0.15) is 0 Å². The van der Waals surface area contributed by atoms with Crippen molar-refractivity contribution in [1.29, 1.82) is 0 Å². The van der Waals surface area contributed by atoms with Crippen LogP contribution in [0, 0.1) is 0 Å². The van der Waals surface area contributed by atoms with Crippen LogP contribution in [0.5, 0.6) is 0 Å². The number of amides is 1. The molecule has 1 N–H and O–H groups in total. The van der Waals surface area contributed by atoms with Crippen LogP contribution in [-0.4, -0.2) is 67.1 Å². The zero-order valence-corrected chi connectivity index (χ0v) is 16.3. The van der Waals surface area contributed by atoms with Gasteiger partial charge in [0.2, 0.25) is 21.9 Å². The summed E-state index contributed by atoms with van der Waals surface area (Å²) in [5.41, 5.74) is 0.908. The molecule has 8 nitrogen and oxygen atoms in total. The number of hydrogen-bond donors (Lipinski definition) is 1. The molecule has 3 rings (SSSR count). The summed E-state index contributed by atoms with van der Waals surface area (Å²) in [6.07, 6.45) is 6.43. The molecule has 2 heterocycles. The first-order valence-electron chi connectivity index (χ1n) is 9.05. The van der Waals surface area contributed by atoms with Gasteiger partial charge in [-0.25, -0.2) is 18.4 Å². The van der Waals surface area contributed by atoms with Crippen LogP contribution in [0.15, 0.2) is 54.9 Å². The molecule has 1 aromatic heterocycles. The lowest BCUT2D eigenvalue weighted by Crippen LogP contribution is -2.50. The van der Waals surface area contributed by atoms with Gasteiger partial charge in [-0.3, -0.25) is 4.79 Å². The quantitative estimate of drug-likeness (QED) is 0.688. The molecule has 1 aromatic carbocycles.